The van der Waals surface area contributed by atoms with Crippen molar-refractivity contribution in [1.29, 1.82) is 0 Å². The minimum Gasteiger partial charge on any atom is -0.379 e. The first-order valence-corrected chi connectivity index (χ1v) is 7.89. The molecular weight excluding hydrogens is 324 g/mol. The fraction of sp³-hybridized carbons (Fsp3) is 0.400. The molecule has 1 aliphatic heterocycles. The van der Waals surface area contributed by atoms with Crippen molar-refractivity contribution in [2.24, 2.45) is 0 Å². The number of aliphatic hydroxyl groups is 1. The summed E-state index contributed by atoms with van der Waals surface area (Å²) < 4.78 is 6.18. The molecule has 1 aliphatic rings. The lowest BCUT2D eigenvalue weighted by molar-refractivity contribution is 0.0307. The first-order valence-electron chi connectivity index (χ1n) is 5.06. The molecule has 0 spiro atoms. The van der Waals surface area contributed by atoms with E-state index in [4.69, 9.17) is 4.52 Å². The third-order valence-electron chi connectivity index (χ3n) is 2.61. The predicted octanol–water partition coefficient (Wildman–Crippen LogP) is 2.89. The van der Waals surface area contributed by atoms with Crippen LogP contribution in [-0.2, 0) is 5.60 Å². The topological polar surface area (TPSA) is 59.2 Å². The molecule has 0 bridgehead atoms. The van der Waals surface area contributed by atoms with Crippen LogP contribution in [0.15, 0.2) is 20.4 Å². The quantitative estimate of drug-likeness (QED) is 0.916. The zero-order valence-corrected chi connectivity index (χ0v) is 11.9. The van der Waals surface area contributed by atoms with Crippen LogP contribution in [0.2, 0.25) is 0 Å². The number of thioether (sulfide) groups is 1. The van der Waals surface area contributed by atoms with E-state index in [1.54, 1.807) is 11.8 Å². The van der Waals surface area contributed by atoms with Gasteiger partial charge in [0, 0.05) is 15.6 Å². The van der Waals surface area contributed by atoms with Gasteiger partial charge in [0.05, 0.1) is 4.88 Å². The van der Waals surface area contributed by atoms with Crippen molar-refractivity contribution in [3.8, 4) is 10.7 Å². The molecule has 1 atom stereocenters. The largest absolute Gasteiger partial charge is 0.379 e. The van der Waals surface area contributed by atoms with E-state index in [9.17, 15) is 5.11 Å². The number of aromatic nitrogens is 2. The Hall–Kier alpha value is -0.370. The second-order valence-electron chi connectivity index (χ2n) is 3.89. The van der Waals surface area contributed by atoms with Crippen molar-refractivity contribution in [2.45, 2.75) is 12.0 Å². The molecule has 0 aliphatic carbocycles. The molecule has 4 nitrogen and oxygen atoms in total. The van der Waals surface area contributed by atoms with Gasteiger partial charge in [0.2, 0.25) is 5.82 Å². The van der Waals surface area contributed by atoms with Crippen LogP contribution in [-0.4, -0.2) is 26.8 Å². The van der Waals surface area contributed by atoms with Crippen molar-refractivity contribution in [1.82, 2.24) is 10.1 Å². The second-order valence-corrected chi connectivity index (χ2v) is 6.82. The molecule has 0 amide bonds. The lowest BCUT2D eigenvalue weighted by atomic mass is 10.0. The molecule has 1 fully saturated rings. The molecule has 0 saturated carbocycles. The Morgan fingerprint density at radius 2 is 2.41 bits per heavy atom. The normalized spacial score (nSPS) is 24.4. The van der Waals surface area contributed by atoms with E-state index in [2.05, 4.69) is 26.1 Å². The van der Waals surface area contributed by atoms with Gasteiger partial charge in [0.1, 0.15) is 0 Å². The van der Waals surface area contributed by atoms with Gasteiger partial charge < -0.3 is 9.63 Å². The van der Waals surface area contributed by atoms with Crippen LogP contribution < -0.4 is 0 Å². The number of hydrogen-bond acceptors (Lipinski definition) is 6. The minimum atomic E-state index is -0.940. The van der Waals surface area contributed by atoms with Gasteiger partial charge in [-0.2, -0.15) is 16.7 Å². The van der Waals surface area contributed by atoms with Crippen molar-refractivity contribution < 1.29 is 9.63 Å². The SMILES string of the molecule is O[C@@]1(c2nc(-c3cc(Br)cs3)no2)CCSC1. The van der Waals surface area contributed by atoms with Crippen LogP contribution in [0.1, 0.15) is 12.3 Å². The third-order valence-corrected chi connectivity index (χ3v) is 5.47. The summed E-state index contributed by atoms with van der Waals surface area (Å²) in [5.41, 5.74) is -0.940. The third kappa shape index (κ3) is 2.16. The highest BCUT2D eigenvalue weighted by molar-refractivity contribution is 9.10. The summed E-state index contributed by atoms with van der Waals surface area (Å²) in [4.78, 5) is 5.23. The minimum absolute atomic E-state index is 0.335. The van der Waals surface area contributed by atoms with Gasteiger partial charge in [0.15, 0.2) is 5.60 Å². The molecular formula is C10H9BrN2O2S2. The summed E-state index contributed by atoms with van der Waals surface area (Å²) in [5.74, 6) is 2.43. The molecule has 0 radical (unpaired) electrons. The number of rotatable bonds is 2. The first kappa shape index (κ1) is 11.7. The highest BCUT2D eigenvalue weighted by atomic mass is 79.9. The van der Waals surface area contributed by atoms with E-state index < -0.39 is 5.60 Å². The standard InChI is InChI=1S/C10H9BrN2O2S2/c11-6-3-7(17-4-6)8-12-9(15-13-8)10(14)1-2-16-5-10/h3-4,14H,1-2,5H2/t10-/m0/s1. The summed E-state index contributed by atoms with van der Waals surface area (Å²) in [7, 11) is 0. The maximum atomic E-state index is 10.3. The van der Waals surface area contributed by atoms with Crippen LogP contribution in [0.5, 0.6) is 0 Å². The molecule has 2 aromatic heterocycles. The number of nitrogens with zero attached hydrogens (tertiary/aromatic N) is 2. The molecule has 2 aromatic rings. The van der Waals surface area contributed by atoms with Crippen molar-refractivity contribution in [3.05, 3.63) is 21.8 Å². The fourth-order valence-electron chi connectivity index (χ4n) is 1.67. The molecule has 7 heteroatoms. The zero-order chi connectivity index (χ0) is 11.9. The van der Waals surface area contributed by atoms with Gasteiger partial charge in [-0.1, -0.05) is 5.16 Å². The number of hydrogen-bond donors (Lipinski definition) is 1. The monoisotopic (exact) mass is 332 g/mol. The lowest BCUT2D eigenvalue weighted by Gasteiger charge is -2.14. The maximum Gasteiger partial charge on any atom is 0.259 e. The van der Waals surface area contributed by atoms with Crippen molar-refractivity contribution in [3.63, 3.8) is 0 Å². The zero-order valence-electron chi connectivity index (χ0n) is 8.72. The Morgan fingerprint density at radius 3 is 3.06 bits per heavy atom. The highest BCUT2D eigenvalue weighted by Gasteiger charge is 2.39. The summed E-state index contributed by atoms with van der Waals surface area (Å²) in [5, 5.41) is 16.2. The Morgan fingerprint density at radius 1 is 1.53 bits per heavy atom. The number of thiophene rings is 1. The van der Waals surface area contributed by atoms with E-state index in [1.165, 1.54) is 11.3 Å². The molecule has 17 heavy (non-hydrogen) atoms. The summed E-state index contributed by atoms with van der Waals surface area (Å²) >= 11 is 6.63. The van der Waals surface area contributed by atoms with Gasteiger partial charge >= 0.3 is 0 Å². The molecule has 0 aromatic carbocycles. The summed E-state index contributed by atoms with van der Waals surface area (Å²) in [6.45, 7) is 0. The highest BCUT2D eigenvalue weighted by Crippen LogP contribution is 2.37. The Labute approximate surface area is 115 Å². The molecule has 0 unspecified atom stereocenters. The van der Waals surface area contributed by atoms with Crippen molar-refractivity contribution in [2.75, 3.05) is 11.5 Å². The van der Waals surface area contributed by atoms with E-state index in [0.29, 0.717) is 23.9 Å². The maximum absolute atomic E-state index is 10.3. The molecule has 3 heterocycles. The Balaban J connectivity index is 1.92. The van der Waals surface area contributed by atoms with Gasteiger partial charge in [-0.15, -0.1) is 11.3 Å². The molecule has 1 saturated heterocycles. The average Bonchev–Trinajstić information content (AvgIpc) is 2.96. The van der Waals surface area contributed by atoms with E-state index in [-0.39, 0.29) is 0 Å². The lowest BCUT2D eigenvalue weighted by Crippen LogP contribution is -2.25. The van der Waals surface area contributed by atoms with Gasteiger partial charge in [-0.3, -0.25) is 0 Å². The average molecular weight is 333 g/mol. The summed E-state index contributed by atoms with van der Waals surface area (Å²) in [6.07, 6.45) is 0.674. The second kappa shape index (κ2) is 4.38. The molecule has 1 N–H and O–H groups in total. The number of halogens is 1. The fourth-order valence-corrected chi connectivity index (χ4v) is 4.25. The van der Waals surface area contributed by atoms with Crippen molar-refractivity contribution >= 4 is 39.0 Å². The van der Waals surface area contributed by atoms with E-state index >= 15 is 0 Å². The van der Waals surface area contributed by atoms with Crippen LogP contribution in [0.3, 0.4) is 0 Å². The van der Waals surface area contributed by atoms with Crippen LogP contribution in [0.25, 0.3) is 10.7 Å². The Bertz CT molecular complexity index is 534. The smallest absolute Gasteiger partial charge is 0.259 e. The van der Waals surface area contributed by atoms with Gasteiger partial charge in [0.25, 0.3) is 5.89 Å². The van der Waals surface area contributed by atoms with Crippen LogP contribution >= 0.6 is 39.0 Å². The molecule has 90 valence electrons. The van der Waals surface area contributed by atoms with Crippen LogP contribution in [0, 0.1) is 0 Å². The predicted molar refractivity (Wildman–Crippen MR) is 71.1 cm³/mol. The molecule has 3 rings (SSSR count). The van der Waals surface area contributed by atoms with E-state index in [0.717, 1.165) is 15.1 Å². The van der Waals surface area contributed by atoms with Crippen LogP contribution in [0.4, 0.5) is 0 Å². The first-order chi connectivity index (χ1) is 8.17. The van der Waals surface area contributed by atoms with E-state index in [1.807, 2.05) is 11.4 Å². The summed E-state index contributed by atoms with van der Waals surface area (Å²) in [6, 6.07) is 1.94. The van der Waals surface area contributed by atoms with Gasteiger partial charge in [-0.05, 0) is 34.2 Å². The Kier molecular flexibility index (Phi) is 3.02. The van der Waals surface area contributed by atoms with Gasteiger partial charge in [-0.25, -0.2) is 0 Å².